The molecule has 170 valence electrons. The number of carbonyl (C=O) groups excluding carboxylic acids is 1. The molecule has 2 aliphatic rings. The van der Waals surface area contributed by atoms with E-state index in [4.69, 9.17) is 19.2 Å². The van der Waals surface area contributed by atoms with Gasteiger partial charge in [-0.2, -0.15) is 0 Å². The number of ketones is 1. The van der Waals surface area contributed by atoms with Gasteiger partial charge in [-0.15, -0.1) is 5.10 Å². The summed E-state index contributed by atoms with van der Waals surface area (Å²) in [5.74, 6) is 2.72. The number of nitrogens with zero attached hydrogens (tertiary/aromatic N) is 4. The van der Waals surface area contributed by atoms with Crippen molar-refractivity contribution in [3.05, 3.63) is 77.3 Å². The minimum Gasteiger partial charge on any atom is -0.493 e. The zero-order valence-corrected chi connectivity index (χ0v) is 18.8. The summed E-state index contributed by atoms with van der Waals surface area (Å²) in [6.07, 6.45) is 3.62. The second-order valence-electron chi connectivity index (χ2n) is 8.30. The Morgan fingerprint density at radius 2 is 1.85 bits per heavy atom. The predicted molar refractivity (Wildman–Crippen MR) is 124 cm³/mol. The third-order valence-corrected chi connectivity index (χ3v) is 6.37. The van der Waals surface area contributed by atoms with Gasteiger partial charge in [0.15, 0.2) is 28.8 Å². The molecule has 0 fully saturated rings. The average Bonchev–Trinajstić information content (AvgIpc) is 3.32. The molecule has 2 aromatic carbocycles. The van der Waals surface area contributed by atoms with Gasteiger partial charge in [-0.25, -0.2) is 14.5 Å². The molecule has 4 aromatic rings. The zero-order chi connectivity index (χ0) is 23.2. The highest BCUT2D eigenvalue weighted by Crippen LogP contribution is 2.47. The number of carbonyl (C=O) groups is 1. The van der Waals surface area contributed by atoms with Gasteiger partial charge in [0.05, 0.1) is 19.8 Å². The Kier molecular flexibility index (Phi) is 4.79. The molecule has 1 aliphatic carbocycles. The van der Waals surface area contributed by atoms with E-state index in [-0.39, 0.29) is 11.7 Å². The number of ether oxygens (including phenoxy) is 3. The molecule has 0 spiro atoms. The van der Waals surface area contributed by atoms with Crippen molar-refractivity contribution in [2.45, 2.75) is 25.2 Å². The summed E-state index contributed by atoms with van der Waals surface area (Å²) in [4.78, 5) is 22.5. The average molecular weight is 454 g/mol. The molecule has 0 saturated heterocycles. The number of fused-ring (bicyclic) bond motifs is 3. The summed E-state index contributed by atoms with van der Waals surface area (Å²) in [7, 11) is 3.19. The number of hydrogen-bond acceptors (Lipinski definition) is 7. The van der Waals surface area contributed by atoms with E-state index < -0.39 is 0 Å². The molecule has 6 rings (SSSR count). The molecular formula is C26H22N4O4. The fraction of sp³-hybridized carbons (Fsp3) is 0.231. The highest BCUT2D eigenvalue weighted by atomic mass is 16.5. The van der Waals surface area contributed by atoms with Crippen molar-refractivity contribution in [2.24, 2.45) is 0 Å². The van der Waals surface area contributed by atoms with Crippen LogP contribution >= 0.6 is 0 Å². The van der Waals surface area contributed by atoms with Crippen LogP contribution in [0.4, 0.5) is 0 Å². The lowest BCUT2D eigenvalue weighted by molar-refractivity contribution is -0.116. The molecule has 0 saturated carbocycles. The van der Waals surface area contributed by atoms with Crippen LogP contribution in [0.3, 0.4) is 0 Å². The Bertz CT molecular complexity index is 1460. The quantitative estimate of drug-likeness (QED) is 0.453. The molecule has 8 nitrogen and oxygen atoms in total. The van der Waals surface area contributed by atoms with Crippen molar-refractivity contribution < 1.29 is 19.0 Å². The van der Waals surface area contributed by atoms with Gasteiger partial charge in [-0.05, 0) is 30.2 Å². The third kappa shape index (κ3) is 3.14. The summed E-state index contributed by atoms with van der Waals surface area (Å²) < 4.78 is 18.6. The summed E-state index contributed by atoms with van der Waals surface area (Å²) in [5, 5.41) is 4.66. The van der Waals surface area contributed by atoms with Crippen molar-refractivity contribution in [3.8, 4) is 28.8 Å². The smallest absolute Gasteiger partial charge is 0.228 e. The van der Waals surface area contributed by atoms with Gasteiger partial charge in [0.25, 0.3) is 0 Å². The lowest BCUT2D eigenvalue weighted by Gasteiger charge is -2.31. The molecule has 0 bridgehead atoms. The fourth-order valence-electron chi connectivity index (χ4n) is 4.79. The van der Waals surface area contributed by atoms with E-state index in [1.54, 1.807) is 25.1 Å². The van der Waals surface area contributed by atoms with Crippen molar-refractivity contribution in [3.63, 3.8) is 0 Å². The van der Waals surface area contributed by atoms with Crippen molar-refractivity contribution >= 4 is 11.4 Å². The van der Waals surface area contributed by atoms with Crippen LogP contribution in [-0.4, -0.2) is 39.6 Å². The standard InChI is InChI=1S/C26H22N4O4/c1-32-18-12-11-16(13-20(18)33-2)24-28-25-23-21(15-7-4-3-5-8-15)22-17(31)9-6-10-19(22)34-26(23)27-14-30(25)29-24/h3-5,7-8,11-14,21H,6,9-10H2,1-2H3. The molecule has 3 heterocycles. The number of benzene rings is 2. The lowest BCUT2D eigenvalue weighted by Crippen LogP contribution is -2.26. The minimum absolute atomic E-state index is 0.113. The first kappa shape index (κ1) is 20.4. The Labute approximate surface area is 195 Å². The Hall–Kier alpha value is -4.20. The molecule has 2 aromatic heterocycles. The fourth-order valence-corrected chi connectivity index (χ4v) is 4.79. The molecule has 1 unspecified atom stereocenters. The zero-order valence-electron chi connectivity index (χ0n) is 18.8. The molecule has 8 heteroatoms. The molecule has 0 amide bonds. The van der Waals surface area contributed by atoms with E-state index in [1.165, 1.54) is 0 Å². The summed E-state index contributed by atoms with van der Waals surface area (Å²) in [5.41, 5.74) is 3.84. The maximum absolute atomic E-state index is 13.1. The molecule has 1 aliphatic heterocycles. The molecule has 34 heavy (non-hydrogen) atoms. The van der Waals surface area contributed by atoms with Crippen LogP contribution in [0.5, 0.6) is 17.4 Å². The number of aromatic nitrogens is 4. The first-order valence-electron chi connectivity index (χ1n) is 11.1. The maximum Gasteiger partial charge on any atom is 0.228 e. The summed E-state index contributed by atoms with van der Waals surface area (Å²) >= 11 is 0. The lowest BCUT2D eigenvalue weighted by atomic mass is 9.78. The van der Waals surface area contributed by atoms with Crippen LogP contribution in [0.1, 0.15) is 36.3 Å². The normalized spacial score (nSPS) is 17.2. The highest BCUT2D eigenvalue weighted by molar-refractivity contribution is 6.00. The number of hydrogen-bond donors (Lipinski definition) is 0. The van der Waals surface area contributed by atoms with E-state index in [1.807, 2.05) is 48.5 Å². The van der Waals surface area contributed by atoms with Gasteiger partial charge in [0, 0.05) is 29.9 Å². The summed E-state index contributed by atoms with van der Waals surface area (Å²) in [6.45, 7) is 0. The Balaban J connectivity index is 1.56. The maximum atomic E-state index is 13.1. The van der Waals surface area contributed by atoms with E-state index in [2.05, 4.69) is 10.1 Å². The summed E-state index contributed by atoms with van der Waals surface area (Å²) in [6, 6.07) is 15.5. The molecule has 0 N–H and O–H groups in total. The van der Waals surface area contributed by atoms with Gasteiger partial charge in [-0.3, -0.25) is 4.79 Å². The predicted octanol–water partition coefficient (Wildman–Crippen LogP) is 4.34. The topological polar surface area (TPSA) is 87.8 Å². The second kappa shape index (κ2) is 7.98. The van der Waals surface area contributed by atoms with Crippen LogP contribution in [0.2, 0.25) is 0 Å². The van der Waals surface area contributed by atoms with Crippen LogP contribution in [0.25, 0.3) is 17.0 Å². The van der Waals surface area contributed by atoms with Gasteiger partial charge < -0.3 is 14.2 Å². The monoisotopic (exact) mass is 454 g/mol. The number of Topliss-reactive ketones (excluding diaryl/α,β-unsaturated/α-hetero) is 1. The third-order valence-electron chi connectivity index (χ3n) is 6.37. The minimum atomic E-state index is -0.314. The SMILES string of the molecule is COc1ccc(-c2nc3c4c(ncn3n2)OC2=C(C(=O)CCC2)C4c2ccccc2)cc1OC. The van der Waals surface area contributed by atoms with Crippen molar-refractivity contribution in [1.82, 2.24) is 19.6 Å². The van der Waals surface area contributed by atoms with Crippen molar-refractivity contribution in [2.75, 3.05) is 14.2 Å². The van der Waals surface area contributed by atoms with Gasteiger partial charge in [0.1, 0.15) is 12.1 Å². The van der Waals surface area contributed by atoms with Crippen LogP contribution in [0, 0.1) is 0 Å². The molecule has 0 radical (unpaired) electrons. The van der Waals surface area contributed by atoms with Crippen LogP contribution in [0.15, 0.2) is 66.2 Å². The molecule has 1 atom stereocenters. The Morgan fingerprint density at radius 3 is 2.65 bits per heavy atom. The Morgan fingerprint density at radius 1 is 1.03 bits per heavy atom. The van der Waals surface area contributed by atoms with E-state index in [9.17, 15) is 4.79 Å². The first-order valence-corrected chi connectivity index (χ1v) is 11.1. The van der Waals surface area contributed by atoms with Gasteiger partial charge in [-0.1, -0.05) is 30.3 Å². The van der Waals surface area contributed by atoms with Crippen molar-refractivity contribution in [1.29, 1.82) is 0 Å². The number of rotatable bonds is 4. The molecular weight excluding hydrogens is 432 g/mol. The van der Waals surface area contributed by atoms with E-state index in [0.29, 0.717) is 46.6 Å². The second-order valence-corrected chi connectivity index (χ2v) is 8.30. The van der Waals surface area contributed by atoms with Crippen LogP contribution < -0.4 is 14.2 Å². The van der Waals surface area contributed by atoms with E-state index >= 15 is 0 Å². The van der Waals surface area contributed by atoms with Gasteiger partial charge in [0.2, 0.25) is 5.88 Å². The van der Waals surface area contributed by atoms with Gasteiger partial charge >= 0.3 is 0 Å². The largest absolute Gasteiger partial charge is 0.493 e. The van der Waals surface area contributed by atoms with E-state index in [0.717, 1.165) is 29.5 Å². The van der Waals surface area contributed by atoms with Crippen LogP contribution in [-0.2, 0) is 4.79 Å². The number of methoxy groups -OCH3 is 2. The highest BCUT2D eigenvalue weighted by Gasteiger charge is 2.39. The first-order chi connectivity index (χ1) is 16.7. The number of allylic oxidation sites excluding steroid dienone is 2.